The number of rotatable bonds is 6. The number of halogens is 3. The minimum absolute atomic E-state index is 0.00546. The molecule has 1 saturated carbocycles. The highest BCUT2D eigenvalue weighted by atomic mass is 19.4. The van der Waals surface area contributed by atoms with Crippen LogP contribution in [0.15, 0.2) is 0 Å². The van der Waals surface area contributed by atoms with Crippen LogP contribution in [0.3, 0.4) is 0 Å². The second-order valence-electron chi connectivity index (χ2n) is 6.14. The fourth-order valence-corrected chi connectivity index (χ4v) is 2.21. The number of alkyl halides is 3. The molecule has 2 nitrogen and oxygen atoms in total. The largest absolute Gasteiger partial charge is 0.390 e. The Morgan fingerprint density at radius 1 is 1.33 bits per heavy atom. The maximum atomic E-state index is 12.0. The van der Waals surface area contributed by atoms with Gasteiger partial charge in [0, 0.05) is 24.6 Å². The van der Waals surface area contributed by atoms with Gasteiger partial charge in [0.15, 0.2) is 0 Å². The lowest BCUT2D eigenvalue weighted by Crippen LogP contribution is -2.61. The summed E-state index contributed by atoms with van der Waals surface area (Å²) in [5.41, 5.74) is -0.0828. The summed E-state index contributed by atoms with van der Waals surface area (Å²) in [5.74, 6) is 0.484. The summed E-state index contributed by atoms with van der Waals surface area (Å²) in [6.07, 6.45) is -3.88. The van der Waals surface area contributed by atoms with Crippen LogP contribution in [-0.2, 0) is 4.74 Å². The van der Waals surface area contributed by atoms with Gasteiger partial charge in [-0.25, -0.2) is 0 Å². The molecule has 18 heavy (non-hydrogen) atoms. The van der Waals surface area contributed by atoms with Crippen LogP contribution < -0.4 is 5.32 Å². The topological polar surface area (TPSA) is 21.3 Å². The molecule has 1 aliphatic rings. The average molecular weight is 267 g/mol. The molecule has 0 aliphatic heterocycles. The summed E-state index contributed by atoms with van der Waals surface area (Å²) in [7, 11) is 0. The summed E-state index contributed by atoms with van der Waals surface area (Å²) in [6, 6.07) is 0.122. The second-order valence-corrected chi connectivity index (χ2v) is 6.14. The van der Waals surface area contributed by atoms with Crippen LogP contribution in [0.2, 0.25) is 0 Å². The van der Waals surface area contributed by atoms with E-state index in [1.54, 1.807) is 0 Å². The van der Waals surface area contributed by atoms with Crippen LogP contribution >= 0.6 is 0 Å². The molecule has 0 spiro atoms. The van der Waals surface area contributed by atoms with Gasteiger partial charge in [-0.05, 0) is 12.3 Å². The lowest BCUT2D eigenvalue weighted by molar-refractivity contribution is -0.142. The molecule has 2 unspecified atom stereocenters. The molecule has 1 fully saturated rings. The standard InChI is InChI=1S/C13H24F3NO/c1-9(2)8-18-11-7-10(12(11,3)4)17-6-5-13(14,15)16/h9-11,17H,5-8H2,1-4H3. The zero-order valence-corrected chi connectivity index (χ0v) is 11.6. The van der Waals surface area contributed by atoms with Gasteiger partial charge in [-0.15, -0.1) is 0 Å². The molecule has 1 rings (SSSR count). The van der Waals surface area contributed by atoms with E-state index in [0.717, 1.165) is 6.42 Å². The molecule has 1 aliphatic carbocycles. The molecule has 1 N–H and O–H groups in total. The average Bonchev–Trinajstić information content (AvgIpc) is 2.19. The van der Waals surface area contributed by atoms with Crippen LogP contribution in [0.25, 0.3) is 0 Å². The van der Waals surface area contributed by atoms with Crippen LogP contribution in [0.4, 0.5) is 13.2 Å². The Morgan fingerprint density at radius 2 is 1.94 bits per heavy atom. The Labute approximate surface area is 107 Å². The predicted molar refractivity (Wildman–Crippen MR) is 65.4 cm³/mol. The van der Waals surface area contributed by atoms with Gasteiger partial charge in [0.25, 0.3) is 0 Å². The van der Waals surface area contributed by atoms with Gasteiger partial charge in [0.1, 0.15) is 0 Å². The molecule has 0 radical (unpaired) electrons. The fourth-order valence-electron chi connectivity index (χ4n) is 2.21. The predicted octanol–water partition coefficient (Wildman–Crippen LogP) is 3.37. The lowest BCUT2D eigenvalue weighted by atomic mass is 9.64. The van der Waals surface area contributed by atoms with Crippen LogP contribution in [0.5, 0.6) is 0 Å². The maximum absolute atomic E-state index is 12.0. The normalized spacial score (nSPS) is 27.3. The highest BCUT2D eigenvalue weighted by molar-refractivity contribution is 5.02. The molecule has 0 aromatic heterocycles. The van der Waals surface area contributed by atoms with Crippen molar-refractivity contribution < 1.29 is 17.9 Å². The minimum Gasteiger partial charge on any atom is -0.377 e. The van der Waals surface area contributed by atoms with E-state index < -0.39 is 12.6 Å². The molecular weight excluding hydrogens is 243 g/mol. The van der Waals surface area contributed by atoms with Crippen LogP contribution in [-0.4, -0.2) is 31.5 Å². The molecule has 0 bridgehead atoms. The highest BCUT2D eigenvalue weighted by Crippen LogP contribution is 2.43. The van der Waals surface area contributed by atoms with Gasteiger partial charge in [-0.1, -0.05) is 27.7 Å². The third kappa shape index (κ3) is 4.43. The molecule has 2 atom stereocenters. The first kappa shape index (κ1) is 15.8. The molecule has 0 amide bonds. The Balaban J connectivity index is 2.26. The first-order valence-electron chi connectivity index (χ1n) is 6.54. The number of nitrogens with one attached hydrogen (secondary N) is 1. The second kappa shape index (κ2) is 5.78. The third-order valence-corrected chi connectivity index (χ3v) is 3.61. The van der Waals surface area contributed by atoms with Crippen molar-refractivity contribution in [3.05, 3.63) is 0 Å². The number of hydrogen-bond donors (Lipinski definition) is 1. The summed E-state index contributed by atoms with van der Waals surface area (Å²) >= 11 is 0. The Kier molecular flexibility index (Phi) is 5.06. The monoisotopic (exact) mass is 267 g/mol. The van der Waals surface area contributed by atoms with E-state index in [2.05, 4.69) is 19.2 Å². The van der Waals surface area contributed by atoms with Crippen LogP contribution in [0, 0.1) is 11.3 Å². The Bertz CT molecular complexity index is 263. The molecule has 0 aromatic rings. The van der Waals surface area contributed by atoms with Crippen molar-refractivity contribution in [1.82, 2.24) is 5.32 Å². The summed E-state index contributed by atoms with van der Waals surface area (Å²) in [6.45, 7) is 8.98. The lowest BCUT2D eigenvalue weighted by Gasteiger charge is -2.52. The third-order valence-electron chi connectivity index (χ3n) is 3.61. The number of ether oxygens (including phenoxy) is 1. The van der Waals surface area contributed by atoms with E-state index in [4.69, 9.17) is 4.74 Å². The molecule has 0 saturated heterocycles. The van der Waals surface area contributed by atoms with Crippen molar-refractivity contribution in [3.63, 3.8) is 0 Å². The van der Waals surface area contributed by atoms with E-state index in [0.29, 0.717) is 12.5 Å². The van der Waals surface area contributed by atoms with Crippen molar-refractivity contribution in [2.24, 2.45) is 11.3 Å². The molecule has 0 heterocycles. The van der Waals surface area contributed by atoms with E-state index >= 15 is 0 Å². The zero-order valence-electron chi connectivity index (χ0n) is 11.6. The van der Waals surface area contributed by atoms with E-state index in [9.17, 15) is 13.2 Å². The first-order valence-corrected chi connectivity index (χ1v) is 6.54. The molecular formula is C13H24F3NO. The Morgan fingerprint density at radius 3 is 2.39 bits per heavy atom. The van der Waals surface area contributed by atoms with Gasteiger partial charge in [0.05, 0.1) is 12.5 Å². The molecule has 108 valence electrons. The van der Waals surface area contributed by atoms with Gasteiger partial charge in [-0.2, -0.15) is 13.2 Å². The number of hydrogen-bond acceptors (Lipinski definition) is 2. The SMILES string of the molecule is CC(C)COC1CC(NCCC(F)(F)F)C1(C)C. The van der Waals surface area contributed by atoms with Crippen LogP contribution in [0.1, 0.15) is 40.5 Å². The zero-order chi connectivity index (χ0) is 14.0. The molecule has 5 heteroatoms. The van der Waals surface area contributed by atoms with E-state index in [1.165, 1.54) is 0 Å². The van der Waals surface area contributed by atoms with Gasteiger partial charge in [-0.3, -0.25) is 0 Å². The highest BCUT2D eigenvalue weighted by Gasteiger charge is 2.48. The van der Waals surface area contributed by atoms with Crippen molar-refractivity contribution in [3.8, 4) is 0 Å². The van der Waals surface area contributed by atoms with Crippen molar-refractivity contribution in [2.45, 2.75) is 58.9 Å². The fraction of sp³-hybridized carbons (Fsp3) is 1.00. The van der Waals surface area contributed by atoms with Crippen molar-refractivity contribution in [1.29, 1.82) is 0 Å². The van der Waals surface area contributed by atoms with Gasteiger partial charge < -0.3 is 10.1 Å². The van der Waals surface area contributed by atoms with E-state index in [1.807, 2.05) is 13.8 Å². The molecule has 0 aromatic carbocycles. The summed E-state index contributed by atoms with van der Waals surface area (Å²) < 4.78 is 41.9. The van der Waals surface area contributed by atoms with Crippen molar-refractivity contribution >= 4 is 0 Å². The van der Waals surface area contributed by atoms with E-state index in [-0.39, 0.29) is 24.1 Å². The maximum Gasteiger partial charge on any atom is 0.390 e. The first-order chi connectivity index (χ1) is 8.13. The summed E-state index contributed by atoms with van der Waals surface area (Å²) in [5, 5.41) is 2.98. The van der Waals surface area contributed by atoms with Gasteiger partial charge in [0.2, 0.25) is 0 Å². The van der Waals surface area contributed by atoms with Crippen molar-refractivity contribution in [2.75, 3.05) is 13.2 Å². The summed E-state index contributed by atoms with van der Waals surface area (Å²) in [4.78, 5) is 0. The Hall–Kier alpha value is -0.290. The van der Waals surface area contributed by atoms with Gasteiger partial charge >= 0.3 is 6.18 Å². The minimum atomic E-state index is -4.07. The quantitative estimate of drug-likeness (QED) is 0.796. The smallest absolute Gasteiger partial charge is 0.377 e.